The van der Waals surface area contributed by atoms with Crippen LogP contribution in [0.15, 0.2) is 23.1 Å². The minimum Gasteiger partial charge on any atom is -0.477 e. The topological polar surface area (TPSA) is 80.4 Å². The predicted octanol–water partition coefficient (Wildman–Crippen LogP) is 5.39. The standard InChI is InChI=1S/C15H21NO4S2/c1-2-3-4-5-6-7-10-21-22-12-8-9-14(16(19)20)13(11-12)15(17)18/h8-9,11H,2-7,10H2,1H3,(H,17,18). The monoisotopic (exact) mass is 343 g/mol. The summed E-state index contributed by atoms with van der Waals surface area (Å²) in [5.74, 6) is -0.272. The number of nitrogens with zero attached hydrogens (tertiary/aromatic N) is 1. The second kappa shape index (κ2) is 10.5. The van der Waals surface area contributed by atoms with Gasteiger partial charge in [-0.1, -0.05) is 60.6 Å². The number of hydrogen-bond donors (Lipinski definition) is 1. The highest BCUT2D eigenvalue weighted by Crippen LogP contribution is 2.34. The zero-order chi connectivity index (χ0) is 16.4. The van der Waals surface area contributed by atoms with E-state index < -0.39 is 10.9 Å². The van der Waals surface area contributed by atoms with E-state index in [-0.39, 0.29) is 11.3 Å². The maximum absolute atomic E-state index is 11.1. The first-order chi connectivity index (χ1) is 10.6. The largest absolute Gasteiger partial charge is 0.477 e. The highest BCUT2D eigenvalue weighted by molar-refractivity contribution is 8.76. The summed E-state index contributed by atoms with van der Waals surface area (Å²) in [7, 11) is 3.13. The summed E-state index contributed by atoms with van der Waals surface area (Å²) >= 11 is 0. The van der Waals surface area contributed by atoms with E-state index in [4.69, 9.17) is 5.11 Å². The Hall–Kier alpha value is -1.21. The molecule has 0 aliphatic carbocycles. The first-order valence-corrected chi connectivity index (χ1v) is 9.69. The number of nitro groups is 1. The minimum atomic E-state index is -1.27. The van der Waals surface area contributed by atoms with Crippen molar-refractivity contribution in [3.63, 3.8) is 0 Å². The number of carboxylic acids is 1. The Balaban J connectivity index is 2.39. The van der Waals surface area contributed by atoms with Crippen LogP contribution in [0.4, 0.5) is 5.69 Å². The lowest BCUT2D eigenvalue weighted by Gasteiger charge is -2.04. The van der Waals surface area contributed by atoms with Crippen LogP contribution in [-0.2, 0) is 0 Å². The van der Waals surface area contributed by atoms with Crippen LogP contribution in [0.3, 0.4) is 0 Å². The van der Waals surface area contributed by atoms with Crippen molar-refractivity contribution >= 4 is 33.2 Å². The Kier molecular flexibility index (Phi) is 9.00. The molecule has 0 unspecified atom stereocenters. The molecule has 0 radical (unpaired) electrons. The molecule has 1 rings (SSSR count). The van der Waals surface area contributed by atoms with Crippen LogP contribution in [0.2, 0.25) is 0 Å². The quantitative estimate of drug-likeness (QED) is 0.251. The van der Waals surface area contributed by atoms with E-state index in [2.05, 4.69) is 6.92 Å². The SMILES string of the molecule is CCCCCCCCSSc1ccc([N+](=O)[O-])c(C(=O)O)c1. The highest BCUT2D eigenvalue weighted by Gasteiger charge is 2.19. The fraction of sp³-hybridized carbons (Fsp3) is 0.533. The minimum absolute atomic E-state index is 0.254. The van der Waals surface area contributed by atoms with Crippen molar-refractivity contribution < 1.29 is 14.8 Å². The molecular formula is C15H21NO4S2. The number of carbonyl (C=O) groups is 1. The lowest BCUT2D eigenvalue weighted by atomic mass is 10.1. The van der Waals surface area contributed by atoms with Gasteiger partial charge in [0.1, 0.15) is 5.56 Å². The molecule has 0 aliphatic rings. The van der Waals surface area contributed by atoms with Gasteiger partial charge in [0, 0.05) is 16.7 Å². The molecule has 0 saturated heterocycles. The van der Waals surface area contributed by atoms with Crippen molar-refractivity contribution in [3.8, 4) is 0 Å². The summed E-state index contributed by atoms with van der Waals surface area (Å²) < 4.78 is 0. The number of nitro benzene ring substituents is 1. The average Bonchev–Trinajstić information content (AvgIpc) is 2.49. The first-order valence-electron chi connectivity index (χ1n) is 7.37. The normalized spacial score (nSPS) is 10.6. The molecule has 0 heterocycles. The van der Waals surface area contributed by atoms with E-state index >= 15 is 0 Å². The van der Waals surface area contributed by atoms with Gasteiger partial charge < -0.3 is 5.11 Å². The van der Waals surface area contributed by atoms with Crippen molar-refractivity contribution in [2.75, 3.05) is 5.75 Å². The zero-order valence-electron chi connectivity index (χ0n) is 12.6. The van der Waals surface area contributed by atoms with Crippen LogP contribution >= 0.6 is 21.6 Å². The Morgan fingerprint density at radius 3 is 2.55 bits per heavy atom. The molecule has 0 bridgehead atoms. The van der Waals surface area contributed by atoms with Gasteiger partial charge in [-0.05, 0) is 18.6 Å². The van der Waals surface area contributed by atoms with Crippen LogP contribution in [0.1, 0.15) is 55.8 Å². The van der Waals surface area contributed by atoms with Gasteiger partial charge in [-0.25, -0.2) is 4.79 Å². The van der Waals surface area contributed by atoms with E-state index in [1.165, 1.54) is 55.0 Å². The van der Waals surface area contributed by atoms with E-state index in [0.717, 1.165) is 17.1 Å². The molecule has 0 aromatic heterocycles. The van der Waals surface area contributed by atoms with Crippen molar-refractivity contribution in [2.45, 2.75) is 50.3 Å². The molecule has 1 N–H and O–H groups in total. The summed E-state index contributed by atoms with van der Waals surface area (Å²) in [6.45, 7) is 2.20. The molecule has 5 nitrogen and oxygen atoms in total. The van der Waals surface area contributed by atoms with Gasteiger partial charge in [0.25, 0.3) is 5.69 Å². The average molecular weight is 343 g/mol. The molecule has 22 heavy (non-hydrogen) atoms. The smallest absolute Gasteiger partial charge is 0.342 e. The molecule has 1 aromatic carbocycles. The fourth-order valence-electron chi connectivity index (χ4n) is 1.95. The van der Waals surface area contributed by atoms with Gasteiger partial charge in [-0.2, -0.15) is 0 Å². The number of unbranched alkanes of at least 4 members (excludes halogenated alkanes) is 5. The Morgan fingerprint density at radius 2 is 1.91 bits per heavy atom. The molecule has 0 aliphatic heterocycles. The summed E-state index contributed by atoms with van der Waals surface area (Å²) in [6.07, 6.45) is 7.45. The molecular weight excluding hydrogens is 322 g/mol. The lowest BCUT2D eigenvalue weighted by molar-refractivity contribution is -0.385. The van der Waals surface area contributed by atoms with Crippen LogP contribution in [-0.4, -0.2) is 21.8 Å². The van der Waals surface area contributed by atoms with E-state index in [0.29, 0.717) is 0 Å². The third-order valence-corrected chi connectivity index (χ3v) is 5.58. The third-order valence-electron chi connectivity index (χ3n) is 3.13. The number of benzene rings is 1. The lowest BCUT2D eigenvalue weighted by Crippen LogP contribution is -2.02. The molecule has 0 atom stereocenters. The predicted molar refractivity (Wildman–Crippen MR) is 91.7 cm³/mol. The third kappa shape index (κ3) is 6.70. The van der Waals surface area contributed by atoms with Gasteiger partial charge in [0.05, 0.1) is 4.92 Å². The number of aromatic carboxylic acids is 1. The number of hydrogen-bond acceptors (Lipinski definition) is 5. The Morgan fingerprint density at radius 1 is 1.23 bits per heavy atom. The number of rotatable bonds is 11. The maximum atomic E-state index is 11.1. The van der Waals surface area contributed by atoms with E-state index in [1.54, 1.807) is 16.9 Å². The van der Waals surface area contributed by atoms with Gasteiger partial charge in [0.2, 0.25) is 0 Å². The molecule has 122 valence electrons. The summed E-state index contributed by atoms with van der Waals surface area (Å²) in [5.41, 5.74) is -0.618. The van der Waals surface area contributed by atoms with Gasteiger partial charge >= 0.3 is 5.97 Å². The second-order valence-electron chi connectivity index (χ2n) is 4.91. The highest BCUT2D eigenvalue weighted by atomic mass is 33.1. The fourth-order valence-corrected chi connectivity index (χ4v) is 4.10. The van der Waals surface area contributed by atoms with Gasteiger partial charge in [-0.3, -0.25) is 10.1 Å². The Labute approximate surface area is 138 Å². The summed E-state index contributed by atoms with van der Waals surface area (Å²) in [5, 5.41) is 19.8. The summed E-state index contributed by atoms with van der Waals surface area (Å²) in [6, 6.07) is 4.24. The first kappa shape index (κ1) is 18.8. The molecule has 1 aromatic rings. The van der Waals surface area contributed by atoms with Gasteiger partial charge in [0.15, 0.2) is 0 Å². The molecule has 0 saturated carbocycles. The van der Waals surface area contributed by atoms with E-state index in [9.17, 15) is 14.9 Å². The van der Waals surface area contributed by atoms with E-state index in [1.807, 2.05) is 0 Å². The molecule has 0 spiro atoms. The Bertz CT molecular complexity index is 508. The van der Waals surface area contributed by atoms with Crippen molar-refractivity contribution in [1.82, 2.24) is 0 Å². The molecule has 7 heteroatoms. The van der Waals surface area contributed by atoms with Crippen molar-refractivity contribution in [3.05, 3.63) is 33.9 Å². The summed E-state index contributed by atoms with van der Waals surface area (Å²) in [4.78, 5) is 21.9. The zero-order valence-corrected chi connectivity index (χ0v) is 14.3. The van der Waals surface area contributed by atoms with Crippen LogP contribution in [0, 0.1) is 10.1 Å². The maximum Gasteiger partial charge on any atom is 0.342 e. The van der Waals surface area contributed by atoms with Crippen LogP contribution in [0.25, 0.3) is 0 Å². The second-order valence-corrected chi connectivity index (χ2v) is 7.40. The van der Waals surface area contributed by atoms with Crippen molar-refractivity contribution in [1.29, 1.82) is 0 Å². The van der Waals surface area contributed by atoms with Gasteiger partial charge in [-0.15, -0.1) is 0 Å². The number of carboxylic acid groups (broad SMARTS) is 1. The van der Waals surface area contributed by atoms with Crippen molar-refractivity contribution in [2.24, 2.45) is 0 Å². The molecule has 0 amide bonds. The van der Waals surface area contributed by atoms with Crippen LogP contribution in [0.5, 0.6) is 0 Å². The molecule has 0 fully saturated rings. The van der Waals surface area contributed by atoms with Crippen LogP contribution < -0.4 is 0 Å².